The second-order valence-corrected chi connectivity index (χ2v) is 4.24. The first kappa shape index (κ1) is 11.9. The van der Waals surface area contributed by atoms with Gasteiger partial charge in [-0.05, 0) is 19.1 Å². The average Bonchev–Trinajstić information content (AvgIpc) is 2.69. The number of benzene rings is 1. The number of ketones is 1. The Labute approximate surface area is 105 Å². The molecule has 1 aromatic heterocycles. The number of Topliss-reactive ketones (excluding diaryl/α,β-unsaturated/α-hetero) is 1. The SMILES string of the molecule is CCC(=O)c1cccc(-n2cc(Cl)c(C)n2)c1. The maximum Gasteiger partial charge on any atom is 0.162 e. The largest absolute Gasteiger partial charge is 0.294 e. The van der Waals surface area contributed by atoms with Gasteiger partial charge in [0.1, 0.15) is 0 Å². The molecule has 1 heterocycles. The number of aryl methyl sites for hydroxylation is 1. The van der Waals surface area contributed by atoms with Crippen molar-refractivity contribution in [1.82, 2.24) is 9.78 Å². The van der Waals surface area contributed by atoms with E-state index in [4.69, 9.17) is 11.6 Å². The van der Waals surface area contributed by atoms with Gasteiger partial charge >= 0.3 is 0 Å². The summed E-state index contributed by atoms with van der Waals surface area (Å²) < 4.78 is 1.68. The molecule has 2 aromatic rings. The summed E-state index contributed by atoms with van der Waals surface area (Å²) in [7, 11) is 0. The Morgan fingerprint density at radius 1 is 1.47 bits per heavy atom. The molecule has 2 rings (SSSR count). The van der Waals surface area contributed by atoms with Crippen molar-refractivity contribution < 1.29 is 4.79 Å². The van der Waals surface area contributed by atoms with Crippen LogP contribution >= 0.6 is 11.6 Å². The van der Waals surface area contributed by atoms with E-state index >= 15 is 0 Å². The molecule has 0 atom stereocenters. The van der Waals surface area contributed by atoms with Gasteiger partial charge in [-0.1, -0.05) is 30.7 Å². The lowest BCUT2D eigenvalue weighted by molar-refractivity contribution is 0.0988. The second-order valence-electron chi connectivity index (χ2n) is 3.83. The summed E-state index contributed by atoms with van der Waals surface area (Å²) in [5, 5.41) is 4.90. The van der Waals surface area contributed by atoms with E-state index in [9.17, 15) is 4.79 Å². The fraction of sp³-hybridized carbons (Fsp3) is 0.231. The van der Waals surface area contributed by atoms with Crippen molar-refractivity contribution in [2.75, 3.05) is 0 Å². The molecule has 17 heavy (non-hydrogen) atoms. The van der Waals surface area contributed by atoms with E-state index in [0.29, 0.717) is 17.0 Å². The van der Waals surface area contributed by atoms with E-state index < -0.39 is 0 Å². The molecular formula is C13H13ClN2O. The van der Waals surface area contributed by atoms with Crippen molar-refractivity contribution >= 4 is 17.4 Å². The number of rotatable bonds is 3. The van der Waals surface area contributed by atoms with E-state index in [1.807, 2.05) is 38.1 Å². The molecule has 0 aliphatic rings. The van der Waals surface area contributed by atoms with Crippen molar-refractivity contribution in [3.05, 3.63) is 46.7 Å². The number of carbonyl (C=O) groups is 1. The number of hydrogen-bond acceptors (Lipinski definition) is 2. The van der Waals surface area contributed by atoms with Gasteiger partial charge in [-0.2, -0.15) is 5.10 Å². The number of carbonyl (C=O) groups excluding carboxylic acids is 1. The molecule has 0 fully saturated rings. The van der Waals surface area contributed by atoms with Gasteiger partial charge in [0.15, 0.2) is 5.78 Å². The van der Waals surface area contributed by atoms with Crippen LogP contribution in [0.2, 0.25) is 5.02 Å². The molecule has 0 aliphatic heterocycles. The smallest absolute Gasteiger partial charge is 0.162 e. The first-order valence-electron chi connectivity index (χ1n) is 5.47. The highest BCUT2D eigenvalue weighted by atomic mass is 35.5. The van der Waals surface area contributed by atoms with Gasteiger partial charge in [-0.15, -0.1) is 0 Å². The van der Waals surface area contributed by atoms with Crippen LogP contribution in [0.3, 0.4) is 0 Å². The fourth-order valence-electron chi connectivity index (χ4n) is 1.60. The maximum atomic E-state index is 11.6. The fourth-order valence-corrected chi connectivity index (χ4v) is 1.73. The lowest BCUT2D eigenvalue weighted by Gasteiger charge is -2.03. The van der Waals surface area contributed by atoms with E-state index in [2.05, 4.69) is 5.10 Å². The molecule has 3 nitrogen and oxygen atoms in total. The molecule has 88 valence electrons. The van der Waals surface area contributed by atoms with E-state index in [1.165, 1.54) is 0 Å². The third-order valence-electron chi connectivity index (χ3n) is 2.59. The van der Waals surface area contributed by atoms with Crippen molar-refractivity contribution in [3.8, 4) is 5.69 Å². The summed E-state index contributed by atoms with van der Waals surface area (Å²) >= 11 is 5.96. The normalized spacial score (nSPS) is 10.5. The lowest BCUT2D eigenvalue weighted by Crippen LogP contribution is -2.00. The van der Waals surface area contributed by atoms with Crippen LogP contribution in [0.4, 0.5) is 0 Å². The van der Waals surface area contributed by atoms with Gasteiger partial charge in [0, 0.05) is 18.2 Å². The molecule has 0 aliphatic carbocycles. The van der Waals surface area contributed by atoms with Crippen LogP contribution in [0.25, 0.3) is 5.69 Å². The highest BCUT2D eigenvalue weighted by Crippen LogP contribution is 2.17. The van der Waals surface area contributed by atoms with Gasteiger partial charge in [-0.25, -0.2) is 4.68 Å². The monoisotopic (exact) mass is 248 g/mol. The highest BCUT2D eigenvalue weighted by Gasteiger charge is 2.07. The van der Waals surface area contributed by atoms with Gasteiger partial charge in [0.2, 0.25) is 0 Å². The van der Waals surface area contributed by atoms with Crippen LogP contribution in [0, 0.1) is 6.92 Å². The van der Waals surface area contributed by atoms with Crippen LogP contribution in [0.5, 0.6) is 0 Å². The molecule has 1 aromatic carbocycles. The third-order valence-corrected chi connectivity index (χ3v) is 2.96. The summed E-state index contributed by atoms with van der Waals surface area (Å²) in [6.07, 6.45) is 2.24. The van der Waals surface area contributed by atoms with Crippen molar-refractivity contribution in [3.63, 3.8) is 0 Å². The van der Waals surface area contributed by atoms with E-state index in [1.54, 1.807) is 10.9 Å². The zero-order valence-electron chi connectivity index (χ0n) is 9.77. The lowest BCUT2D eigenvalue weighted by atomic mass is 10.1. The Morgan fingerprint density at radius 2 is 2.24 bits per heavy atom. The van der Waals surface area contributed by atoms with Crippen LogP contribution in [-0.4, -0.2) is 15.6 Å². The standard InChI is InChI=1S/C13H13ClN2O/c1-3-13(17)10-5-4-6-11(7-10)16-8-12(14)9(2)15-16/h4-8H,3H2,1-2H3. The Balaban J connectivity index is 2.42. The predicted octanol–water partition coefficient (Wildman–Crippen LogP) is 3.43. The highest BCUT2D eigenvalue weighted by molar-refractivity contribution is 6.31. The molecule has 0 unspecified atom stereocenters. The Bertz CT molecular complexity index is 541. The number of aromatic nitrogens is 2. The number of halogens is 1. The minimum absolute atomic E-state index is 0.127. The first-order chi connectivity index (χ1) is 8.11. The summed E-state index contributed by atoms with van der Waals surface area (Å²) in [6.45, 7) is 3.70. The van der Waals surface area contributed by atoms with Crippen LogP contribution in [-0.2, 0) is 0 Å². The predicted molar refractivity (Wildman–Crippen MR) is 67.9 cm³/mol. The van der Waals surface area contributed by atoms with Gasteiger partial charge < -0.3 is 0 Å². The second kappa shape index (κ2) is 4.72. The molecule has 0 radical (unpaired) electrons. The van der Waals surface area contributed by atoms with Crippen LogP contribution in [0.15, 0.2) is 30.5 Å². The summed E-state index contributed by atoms with van der Waals surface area (Å²) in [5.41, 5.74) is 2.33. The minimum Gasteiger partial charge on any atom is -0.294 e. The topological polar surface area (TPSA) is 34.9 Å². The molecule has 0 saturated carbocycles. The number of nitrogens with zero attached hydrogens (tertiary/aromatic N) is 2. The zero-order valence-corrected chi connectivity index (χ0v) is 10.5. The van der Waals surface area contributed by atoms with Crippen LogP contribution in [0.1, 0.15) is 29.4 Å². The van der Waals surface area contributed by atoms with Gasteiger partial charge in [0.25, 0.3) is 0 Å². The summed E-state index contributed by atoms with van der Waals surface area (Å²) in [4.78, 5) is 11.6. The average molecular weight is 249 g/mol. The molecular weight excluding hydrogens is 236 g/mol. The molecule has 0 saturated heterocycles. The van der Waals surface area contributed by atoms with Crippen molar-refractivity contribution in [2.24, 2.45) is 0 Å². The number of hydrogen-bond donors (Lipinski definition) is 0. The van der Waals surface area contributed by atoms with E-state index in [-0.39, 0.29) is 5.78 Å². The quantitative estimate of drug-likeness (QED) is 0.780. The molecule has 0 spiro atoms. The summed E-state index contributed by atoms with van der Waals surface area (Å²) in [6, 6.07) is 7.39. The van der Waals surface area contributed by atoms with Crippen LogP contribution < -0.4 is 0 Å². The summed E-state index contributed by atoms with van der Waals surface area (Å²) in [5.74, 6) is 0.127. The zero-order chi connectivity index (χ0) is 12.4. The minimum atomic E-state index is 0.127. The van der Waals surface area contributed by atoms with Gasteiger partial charge in [0.05, 0.1) is 16.4 Å². The Kier molecular flexibility index (Phi) is 3.29. The Morgan fingerprint density at radius 3 is 2.82 bits per heavy atom. The first-order valence-corrected chi connectivity index (χ1v) is 5.85. The third kappa shape index (κ3) is 2.39. The molecule has 0 bridgehead atoms. The van der Waals surface area contributed by atoms with Gasteiger partial charge in [-0.3, -0.25) is 4.79 Å². The maximum absolute atomic E-state index is 11.6. The van der Waals surface area contributed by atoms with Crippen molar-refractivity contribution in [2.45, 2.75) is 20.3 Å². The van der Waals surface area contributed by atoms with Crippen molar-refractivity contribution in [1.29, 1.82) is 0 Å². The molecule has 4 heteroatoms. The molecule has 0 N–H and O–H groups in total. The van der Waals surface area contributed by atoms with E-state index in [0.717, 1.165) is 11.4 Å². The molecule has 0 amide bonds. The Hall–Kier alpha value is -1.61.